The van der Waals surface area contributed by atoms with Gasteiger partial charge in [-0.05, 0) is 66.7 Å². The van der Waals surface area contributed by atoms with E-state index in [2.05, 4.69) is 24.1 Å². The predicted octanol–water partition coefficient (Wildman–Crippen LogP) is 4.19. The average molecular weight is 293 g/mol. The highest BCUT2D eigenvalue weighted by Gasteiger charge is 2.15. The summed E-state index contributed by atoms with van der Waals surface area (Å²) >= 11 is 0. The summed E-state index contributed by atoms with van der Waals surface area (Å²) in [7, 11) is 0. The summed E-state index contributed by atoms with van der Waals surface area (Å²) in [5, 5.41) is 0. The summed E-state index contributed by atoms with van der Waals surface area (Å²) in [6.45, 7) is 3.49. The van der Waals surface area contributed by atoms with Gasteiger partial charge < -0.3 is 4.74 Å². The molecule has 1 aromatic heterocycles. The van der Waals surface area contributed by atoms with Crippen molar-refractivity contribution in [3.05, 3.63) is 58.9 Å². The van der Waals surface area contributed by atoms with Crippen molar-refractivity contribution in [1.82, 2.24) is 4.98 Å². The molecule has 1 aliphatic rings. The van der Waals surface area contributed by atoms with Gasteiger partial charge in [0, 0.05) is 13.1 Å². The van der Waals surface area contributed by atoms with Gasteiger partial charge in [0.2, 0.25) is 0 Å². The van der Waals surface area contributed by atoms with Crippen LogP contribution in [0.1, 0.15) is 42.1 Å². The molecule has 0 saturated heterocycles. The van der Waals surface area contributed by atoms with E-state index in [0.717, 1.165) is 30.5 Å². The molecule has 0 spiro atoms. The van der Waals surface area contributed by atoms with Crippen molar-refractivity contribution in [3.63, 3.8) is 0 Å². The number of aromatic nitrogens is 1. The van der Waals surface area contributed by atoms with Gasteiger partial charge in [0.05, 0.1) is 5.69 Å². The Morgan fingerprint density at radius 3 is 2.95 bits per heavy atom. The van der Waals surface area contributed by atoms with Gasteiger partial charge in [-0.1, -0.05) is 18.2 Å². The number of aryl methyl sites for hydroxylation is 2. The van der Waals surface area contributed by atoms with Crippen LogP contribution in [0.15, 0.2) is 36.5 Å². The summed E-state index contributed by atoms with van der Waals surface area (Å²) in [5.41, 5.74) is 5.92. The summed E-state index contributed by atoms with van der Waals surface area (Å²) < 4.78 is 5.15. The number of rotatable bonds is 2. The van der Waals surface area contributed by atoms with Crippen molar-refractivity contribution in [2.45, 2.75) is 33.1 Å². The lowest BCUT2D eigenvalue weighted by Gasteiger charge is -2.18. The lowest BCUT2D eigenvalue weighted by molar-refractivity contribution is -0.131. The summed E-state index contributed by atoms with van der Waals surface area (Å²) in [6, 6.07) is 9.82. The number of ether oxygens (including phenoxy) is 1. The highest BCUT2D eigenvalue weighted by atomic mass is 16.5. The second-order valence-electron chi connectivity index (χ2n) is 5.71. The molecule has 0 saturated carbocycles. The van der Waals surface area contributed by atoms with Gasteiger partial charge in [0.15, 0.2) is 0 Å². The van der Waals surface area contributed by atoms with Crippen molar-refractivity contribution in [2.75, 3.05) is 0 Å². The van der Waals surface area contributed by atoms with Gasteiger partial charge in [-0.3, -0.25) is 9.78 Å². The van der Waals surface area contributed by atoms with E-state index in [1.807, 2.05) is 24.4 Å². The standard InChI is InChI=1S/C19H19NO2/c1-13-9-16-6-4-7-17(19(16)20-12-13)10-15-5-3-8-18(11-15)22-14(2)21/h3,5,8-12H,4,6-7H2,1-2H3/b17-10-. The van der Waals surface area contributed by atoms with Crippen LogP contribution in [-0.4, -0.2) is 11.0 Å². The minimum absolute atomic E-state index is 0.301. The van der Waals surface area contributed by atoms with Crippen molar-refractivity contribution in [2.24, 2.45) is 0 Å². The number of benzene rings is 1. The van der Waals surface area contributed by atoms with Gasteiger partial charge in [-0.2, -0.15) is 0 Å². The van der Waals surface area contributed by atoms with E-state index in [1.165, 1.54) is 23.6 Å². The molecule has 0 bridgehead atoms. The highest BCUT2D eigenvalue weighted by molar-refractivity contribution is 5.82. The Kier molecular flexibility index (Phi) is 4.05. The Balaban J connectivity index is 1.95. The number of pyridine rings is 1. The molecule has 2 aromatic rings. The Morgan fingerprint density at radius 2 is 2.14 bits per heavy atom. The highest BCUT2D eigenvalue weighted by Crippen LogP contribution is 2.31. The second kappa shape index (κ2) is 6.14. The third-order valence-corrected chi connectivity index (χ3v) is 3.76. The van der Waals surface area contributed by atoms with E-state index in [9.17, 15) is 4.79 Å². The number of fused-ring (bicyclic) bond motifs is 1. The smallest absolute Gasteiger partial charge is 0.308 e. The number of carbonyl (C=O) groups is 1. The summed E-state index contributed by atoms with van der Waals surface area (Å²) in [4.78, 5) is 15.7. The number of esters is 1. The van der Waals surface area contributed by atoms with E-state index < -0.39 is 0 Å². The van der Waals surface area contributed by atoms with Crippen LogP contribution < -0.4 is 4.74 Å². The van der Waals surface area contributed by atoms with E-state index in [-0.39, 0.29) is 5.97 Å². The molecular formula is C19H19NO2. The zero-order chi connectivity index (χ0) is 15.5. The first-order valence-electron chi connectivity index (χ1n) is 7.57. The minimum Gasteiger partial charge on any atom is -0.427 e. The number of hydrogen-bond donors (Lipinski definition) is 0. The van der Waals surface area contributed by atoms with E-state index >= 15 is 0 Å². The predicted molar refractivity (Wildman–Crippen MR) is 87.5 cm³/mol. The molecule has 1 aromatic carbocycles. The zero-order valence-corrected chi connectivity index (χ0v) is 12.9. The molecule has 0 aliphatic heterocycles. The molecule has 0 atom stereocenters. The quantitative estimate of drug-likeness (QED) is 0.615. The molecule has 3 rings (SSSR count). The molecule has 112 valence electrons. The third kappa shape index (κ3) is 3.25. The Morgan fingerprint density at radius 1 is 1.27 bits per heavy atom. The first-order valence-corrected chi connectivity index (χ1v) is 7.57. The fraction of sp³-hybridized carbons (Fsp3) is 0.263. The van der Waals surface area contributed by atoms with E-state index in [4.69, 9.17) is 4.74 Å². The first kappa shape index (κ1) is 14.5. The molecule has 1 heterocycles. The topological polar surface area (TPSA) is 39.2 Å². The average Bonchev–Trinajstić information content (AvgIpc) is 2.47. The maximum absolute atomic E-state index is 11.1. The lowest BCUT2D eigenvalue weighted by atomic mass is 9.89. The molecular weight excluding hydrogens is 274 g/mol. The van der Waals surface area contributed by atoms with Crippen LogP contribution >= 0.6 is 0 Å². The van der Waals surface area contributed by atoms with Crippen LogP contribution in [0.3, 0.4) is 0 Å². The molecule has 3 nitrogen and oxygen atoms in total. The third-order valence-electron chi connectivity index (χ3n) is 3.76. The van der Waals surface area contributed by atoms with Crippen LogP contribution in [0.2, 0.25) is 0 Å². The van der Waals surface area contributed by atoms with Crippen LogP contribution in [0.4, 0.5) is 0 Å². The summed E-state index contributed by atoms with van der Waals surface area (Å²) in [5.74, 6) is 0.278. The van der Waals surface area contributed by atoms with Gasteiger partial charge >= 0.3 is 5.97 Å². The Labute approximate surface area is 130 Å². The SMILES string of the molecule is CC(=O)Oc1cccc(/C=C2/CCCc3cc(C)cnc32)c1. The number of hydrogen-bond acceptors (Lipinski definition) is 3. The maximum Gasteiger partial charge on any atom is 0.308 e. The van der Waals surface area contributed by atoms with Gasteiger partial charge in [-0.25, -0.2) is 0 Å². The first-order chi connectivity index (χ1) is 10.6. The molecule has 22 heavy (non-hydrogen) atoms. The maximum atomic E-state index is 11.1. The van der Waals surface area contributed by atoms with Crippen LogP contribution in [0.25, 0.3) is 11.6 Å². The number of allylic oxidation sites excluding steroid dienone is 1. The van der Waals surface area contributed by atoms with Crippen LogP contribution in [0.5, 0.6) is 5.75 Å². The minimum atomic E-state index is -0.301. The largest absolute Gasteiger partial charge is 0.427 e. The molecule has 3 heteroatoms. The fourth-order valence-electron chi connectivity index (χ4n) is 2.87. The lowest BCUT2D eigenvalue weighted by Crippen LogP contribution is -2.05. The van der Waals surface area contributed by atoms with Crippen molar-refractivity contribution < 1.29 is 9.53 Å². The number of carbonyl (C=O) groups excluding carboxylic acids is 1. The molecule has 0 unspecified atom stereocenters. The van der Waals surface area contributed by atoms with Crippen molar-refractivity contribution >= 4 is 17.6 Å². The molecule has 1 aliphatic carbocycles. The van der Waals surface area contributed by atoms with Gasteiger partial charge in [0.25, 0.3) is 0 Å². The van der Waals surface area contributed by atoms with Crippen molar-refractivity contribution in [1.29, 1.82) is 0 Å². The van der Waals surface area contributed by atoms with Crippen molar-refractivity contribution in [3.8, 4) is 5.75 Å². The van der Waals surface area contributed by atoms with Gasteiger partial charge in [-0.15, -0.1) is 0 Å². The monoisotopic (exact) mass is 293 g/mol. The Bertz CT molecular complexity index is 747. The molecule has 0 fully saturated rings. The zero-order valence-electron chi connectivity index (χ0n) is 12.9. The number of nitrogens with zero attached hydrogens (tertiary/aromatic N) is 1. The Hall–Kier alpha value is -2.42. The summed E-state index contributed by atoms with van der Waals surface area (Å²) in [6.07, 6.45) is 7.34. The van der Waals surface area contributed by atoms with Gasteiger partial charge in [0.1, 0.15) is 5.75 Å². The van der Waals surface area contributed by atoms with Crippen LogP contribution in [-0.2, 0) is 11.2 Å². The molecule has 0 amide bonds. The van der Waals surface area contributed by atoms with Crippen LogP contribution in [0, 0.1) is 6.92 Å². The molecule has 0 radical (unpaired) electrons. The van der Waals surface area contributed by atoms with E-state index in [1.54, 1.807) is 6.07 Å². The fourth-order valence-corrected chi connectivity index (χ4v) is 2.87. The normalized spacial score (nSPS) is 15.5. The second-order valence-corrected chi connectivity index (χ2v) is 5.71. The van der Waals surface area contributed by atoms with E-state index in [0.29, 0.717) is 5.75 Å². The molecule has 0 N–H and O–H groups in total.